The van der Waals surface area contributed by atoms with Crippen LogP contribution in [0.3, 0.4) is 0 Å². The molecule has 3 heterocycles. The van der Waals surface area contributed by atoms with Gasteiger partial charge in [0.25, 0.3) is 0 Å². The Balaban J connectivity index is 1.12. The molecule has 1 saturated heterocycles. The van der Waals surface area contributed by atoms with Gasteiger partial charge in [0.1, 0.15) is 0 Å². The van der Waals surface area contributed by atoms with Crippen LogP contribution in [-0.4, -0.2) is 34.0 Å². The summed E-state index contributed by atoms with van der Waals surface area (Å²) in [5, 5.41) is 9.99. The van der Waals surface area contributed by atoms with Crippen molar-refractivity contribution in [2.24, 2.45) is 5.92 Å². The number of nitrogens with zero attached hydrogens (tertiary/aromatic N) is 3. The number of rotatable bonds is 8. The molecule has 1 aliphatic rings. The summed E-state index contributed by atoms with van der Waals surface area (Å²) in [6.07, 6.45) is 1.61. The third kappa shape index (κ3) is 6.32. The third-order valence-electron chi connectivity index (χ3n) is 5.98. The fourth-order valence-corrected chi connectivity index (χ4v) is 5.78. The Kier molecular flexibility index (Phi) is 7.83. The molecule has 0 atom stereocenters. The Morgan fingerprint density at radius 3 is 2.69 bits per heavy atom. The lowest BCUT2D eigenvalue weighted by Gasteiger charge is -2.30. The van der Waals surface area contributed by atoms with Crippen molar-refractivity contribution in [3.8, 4) is 10.7 Å². The first-order valence-corrected chi connectivity index (χ1v) is 13.7. The number of benzene rings is 2. The van der Waals surface area contributed by atoms with Crippen molar-refractivity contribution in [2.45, 2.75) is 30.0 Å². The van der Waals surface area contributed by atoms with E-state index in [1.54, 1.807) is 23.1 Å². The van der Waals surface area contributed by atoms with Crippen LogP contribution in [0.25, 0.3) is 10.7 Å². The number of piperidine rings is 1. The average molecular weight is 525 g/mol. The van der Waals surface area contributed by atoms with Crippen LogP contribution in [-0.2, 0) is 17.1 Å². The minimum atomic E-state index is -0.00932. The molecule has 180 valence electrons. The van der Waals surface area contributed by atoms with Gasteiger partial charge < -0.3 is 9.84 Å². The van der Waals surface area contributed by atoms with Crippen LogP contribution in [0, 0.1) is 5.92 Å². The molecule has 2 aromatic carbocycles. The van der Waals surface area contributed by atoms with Gasteiger partial charge in [0.15, 0.2) is 0 Å². The lowest BCUT2D eigenvalue weighted by atomic mass is 9.96. The molecule has 0 aliphatic carbocycles. The van der Waals surface area contributed by atoms with Crippen molar-refractivity contribution in [1.82, 2.24) is 15.0 Å². The van der Waals surface area contributed by atoms with Crippen molar-refractivity contribution >= 4 is 46.3 Å². The minimum absolute atomic E-state index is 0.00932. The quantitative estimate of drug-likeness (QED) is 0.262. The van der Waals surface area contributed by atoms with E-state index in [2.05, 4.69) is 20.4 Å². The highest BCUT2D eigenvalue weighted by molar-refractivity contribution is 7.98. The molecule has 1 amide bonds. The highest BCUT2D eigenvalue weighted by atomic mass is 35.5. The number of halogens is 1. The molecule has 1 aliphatic heterocycles. The smallest absolute Gasteiger partial charge is 0.241 e. The van der Waals surface area contributed by atoms with Crippen LogP contribution in [0.15, 0.2) is 75.5 Å². The van der Waals surface area contributed by atoms with Crippen molar-refractivity contribution in [2.75, 3.05) is 18.4 Å². The summed E-state index contributed by atoms with van der Waals surface area (Å²) >= 11 is 9.29. The predicted molar refractivity (Wildman–Crippen MR) is 142 cm³/mol. The van der Waals surface area contributed by atoms with Crippen LogP contribution >= 0.6 is 34.7 Å². The second-order valence-electron chi connectivity index (χ2n) is 8.44. The van der Waals surface area contributed by atoms with Gasteiger partial charge >= 0.3 is 0 Å². The zero-order chi connectivity index (χ0) is 24.0. The topological polar surface area (TPSA) is 71.3 Å². The number of nitrogens with one attached hydrogen (secondary N) is 1. The Labute approximate surface area is 217 Å². The molecule has 0 radical (unpaired) electrons. The van der Waals surface area contributed by atoms with E-state index in [4.69, 9.17) is 16.1 Å². The van der Waals surface area contributed by atoms with Gasteiger partial charge in [-0.05, 0) is 67.2 Å². The monoisotopic (exact) mass is 524 g/mol. The predicted octanol–water partition coefficient (Wildman–Crippen LogP) is 6.59. The fourth-order valence-electron chi connectivity index (χ4n) is 4.04. The van der Waals surface area contributed by atoms with E-state index in [1.165, 1.54) is 5.56 Å². The summed E-state index contributed by atoms with van der Waals surface area (Å²) in [6, 6.07) is 19.8. The average Bonchev–Trinajstić information content (AvgIpc) is 3.57. The van der Waals surface area contributed by atoms with E-state index in [1.807, 2.05) is 66.0 Å². The highest BCUT2D eigenvalue weighted by Crippen LogP contribution is 2.31. The Hall–Kier alpha value is -2.65. The number of thioether (sulfide) groups is 1. The maximum atomic E-state index is 13.0. The second kappa shape index (κ2) is 11.4. The van der Waals surface area contributed by atoms with E-state index in [-0.39, 0.29) is 11.8 Å². The summed E-state index contributed by atoms with van der Waals surface area (Å²) in [5.41, 5.74) is 2.06. The maximum absolute atomic E-state index is 13.0. The number of carbonyl (C=O) groups excluding carboxylic acids is 1. The summed E-state index contributed by atoms with van der Waals surface area (Å²) in [4.78, 5) is 21.9. The fraction of sp³-hybridized carbons (Fsp3) is 0.269. The Morgan fingerprint density at radius 2 is 1.91 bits per heavy atom. The molecule has 6 nitrogen and oxygen atoms in total. The second-order valence-corrected chi connectivity index (χ2v) is 10.8. The number of anilines is 1. The molecule has 0 saturated carbocycles. The largest absolute Gasteiger partial charge is 0.338 e. The van der Waals surface area contributed by atoms with Gasteiger partial charge in [-0.3, -0.25) is 9.69 Å². The number of para-hydroxylation sites is 1. The molecule has 1 fully saturated rings. The molecule has 0 bridgehead atoms. The van der Waals surface area contributed by atoms with Crippen LogP contribution in [0.4, 0.5) is 5.69 Å². The van der Waals surface area contributed by atoms with Crippen LogP contribution < -0.4 is 5.32 Å². The lowest BCUT2D eigenvalue weighted by Crippen LogP contribution is -2.37. The van der Waals surface area contributed by atoms with E-state index >= 15 is 0 Å². The van der Waals surface area contributed by atoms with E-state index in [0.29, 0.717) is 18.3 Å². The molecule has 1 N–H and O–H groups in total. The minimum Gasteiger partial charge on any atom is -0.338 e. The number of thiophene rings is 1. The molecule has 35 heavy (non-hydrogen) atoms. The van der Waals surface area contributed by atoms with Crippen molar-refractivity contribution in [1.29, 1.82) is 0 Å². The van der Waals surface area contributed by atoms with E-state index < -0.39 is 0 Å². The highest BCUT2D eigenvalue weighted by Gasteiger charge is 2.26. The molecule has 0 spiro atoms. The zero-order valence-electron chi connectivity index (χ0n) is 19.0. The Morgan fingerprint density at radius 1 is 1.11 bits per heavy atom. The van der Waals surface area contributed by atoms with Gasteiger partial charge in [0, 0.05) is 21.6 Å². The number of hydrogen-bond donors (Lipinski definition) is 1. The molecular weight excluding hydrogens is 500 g/mol. The standard InChI is InChI=1S/C26H25ClN4O2S2/c27-20-9-7-18(8-10-20)17-35-22-5-2-1-4-21(22)28-26(32)19-11-13-31(14-12-19)16-24-29-25(30-33-24)23-6-3-15-34-23/h1-10,15,19H,11-14,16-17H2,(H,28,32). The van der Waals surface area contributed by atoms with Crippen LogP contribution in [0.5, 0.6) is 0 Å². The first-order chi connectivity index (χ1) is 17.1. The van der Waals surface area contributed by atoms with Crippen LogP contribution in [0.2, 0.25) is 5.02 Å². The van der Waals surface area contributed by atoms with E-state index in [0.717, 1.165) is 52.2 Å². The number of carbonyl (C=O) groups is 1. The molecular formula is C26H25ClN4O2S2. The number of hydrogen-bond acceptors (Lipinski definition) is 7. The SMILES string of the molecule is O=C(Nc1ccccc1SCc1ccc(Cl)cc1)C1CCN(Cc2nc(-c3cccs3)no2)CC1. The third-order valence-corrected chi connectivity index (χ3v) is 8.24. The Bertz CT molecular complexity index is 1250. The summed E-state index contributed by atoms with van der Waals surface area (Å²) in [5.74, 6) is 2.14. The number of aromatic nitrogens is 2. The summed E-state index contributed by atoms with van der Waals surface area (Å²) in [6.45, 7) is 2.25. The lowest BCUT2D eigenvalue weighted by molar-refractivity contribution is -0.121. The van der Waals surface area contributed by atoms with Gasteiger partial charge in [-0.15, -0.1) is 23.1 Å². The van der Waals surface area contributed by atoms with Gasteiger partial charge in [0.05, 0.1) is 17.1 Å². The van der Waals surface area contributed by atoms with Crippen molar-refractivity contribution < 1.29 is 9.32 Å². The molecule has 9 heteroatoms. The first kappa shape index (κ1) is 24.1. The van der Waals surface area contributed by atoms with Crippen molar-refractivity contribution in [3.63, 3.8) is 0 Å². The van der Waals surface area contributed by atoms with Gasteiger partial charge in [-0.2, -0.15) is 4.98 Å². The molecule has 0 unspecified atom stereocenters. The first-order valence-electron chi connectivity index (χ1n) is 11.5. The summed E-state index contributed by atoms with van der Waals surface area (Å²) < 4.78 is 5.43. The summed E-state index contributed by atoms with van der Waals surface area (Å²) in [7, 11) is 0. The maximum Gasteiger partial charge on any atom is 0.241 e. The van der Waals surface area contributed by atoms with Crippen molar-refractivity contribution in [3.05, 3.63) is 82.5 Å². The number of amides is 1. The van der Waals surface area contributed by atoms with Gasteiger partial charge in [-0.1, -0.05) is 47.1 Å². The molecule has 2 aromatic heterocycles. The molecule has 5 rings (SSSR count). The molecule has 4 aromatic rings. The van der Waals surface area contributed by atoms with E-state index in [9.17, 15) is 4.79 Å². The van der Waals surface area contributed by atoms with Gasteiger partial charge in [0.2, 0.25) is 17.6 Å². The van der Waals surface area contributed by atoms with Crippen LogP contribution in [0.1, 0.15) is 24.3 Å². The number of likely N-dealkylation sites (tertiary alicyclic amines) is 1. The van der Waals surface area contributed by atoms with Gasteiger partial charge in [-0.25, -0.2) is 0 Å². The zero-order valence-corrected chi connectivity index (χ0v) is 21.4. The normalized spacial score (nSPS) is 14.8.